The van der Waals surface area contributed by atoms with Crippen molar-refractivity contribution < 1.29 is 41.9 Å². The number of pyridine rings is 1. The van der Waals surface area contributed by atoms with Gasteiger partial charge in [-0.1, -0.05) is 23.8 Å². The average molecular weight is 543 g/mol. The zero-order valence-electron chi connectivity index (χ0n) is 12.3. The molecule has 0 unspecified atom stereocenters. The summed E-state index contributed by atoms with van der Waals surface area (Å²) in [7, 11) is -4.15. The fourth-order valence-corrected chi connectivity index (χ4v) is 2.00. The molecule has 0 aliphatic rings. The second kappa shape index (κ2) is 9.38. The third-order valence-corrected chi connectivity index (χ3v) is 3.37. The molecule has 2 heterocycles. The van der Waals surface area contributed by atoms with Crippen LogP contribution in [0, 0.1) is 17.7 Å². The molecule has 0 bridgehead atoms. The van der Waals surface area contributed by atoms with E-state index in [4.69, 9.17) is 4.55 Å². The normalized spacial score (nSPS) is 10.2. The van der Waals surface area contributed by atoms with Crippen LogP contribution >= 0.6 is 0 Å². The largest absolute Gasteiger partial charge is 0.312 e. The Bertz CT molecular complexity index is 914. The number of nitrogens with zero attached hydrogens (tertiary/aromatic N) is 3. The Kier molecular flexibility index (Phi) is 7.84. The van der Waals surface area contributed by atoms with E-state index in [0.29, 0.717) is 5.69 Å². The van der Waals surface area contributed by atoms with Gasteiger partial charge in [0.2, 0.25) is 0 Å². The van der Waals surface area contributed by atoms with Crippen LogP contribution in [0.15, 0.2) is 60.1 Å². The molecule has 0 atom stereocenters. The summed E-state index contributed by atoms with van der Waals surface area (Å²) in [6.07, 6.45) is 3.82. The van der Waals surface area contributed by atoms with Crippen molar-refractivity contribution in [1.82, 2.24) is 15.0 Å². The maximum atomic E-state index is 13.2. The van der Waals surface area contributed by atoms with Gasteiger partial charge in [-0.2, -0.15) is 8.42 Å². The van der Waals surface area contributed by atoms with Gasteiger partial charge in [0, 0.05) is 44.1 Å². The fraction of sp³-hybridized carbons (Fsp3) is 0. The van der Waals surface area contributed by atoms with Gasteiger partial charge in [0.25, 0.3) is 0 Å². The van der Waals surface area contributed by atoms with Crippen LogP contribution in [-0.2, 0) is 30.2 Å². The van der Waals surface area contributed by atoms with Gasteiger partial charge in [0.15, 0.2) is 5.03 Å². The first-order chi connectivity index (χ1) is 11.4. The number of hydrogen-bond acceptors (Lipinski definition) is 5. The number of benzene rings is 1. The Labute approximate surface area is 156 Å². The second-order valence-electron chi connectivity index (χ2n) is 4.28. The van der Waals surface area contributed by atoms with E-state index in [1.807, 2.05) is 0 Å². The summed E-state index contributed by atoms with van der Waals surface area (Å²) < 4.78 is 54.8. The Morgan fingerprint density at radius 1 is 1.08 bits per heavy atom. The molecule has 0 aliphatic heterocycles. The van der Waals surface area contributed by atoms with Gasteiger partial charge >= 0.3 is 10.1 Å². The Morgan fingerprint density at radius 3 is 2.32 bits per heavy atom. The average Bonchev–Trinajstić information content (AvgIpc) is 2.56. The Balaban J connectivity index is 0.000000254. The summed E-state index contributed by atoms with van der Waals surface area (Å²) in [4.78, 5) is 10.7. The predicted molar refractivity (Wildman–Crippen MR) is 80.3 cm³/mol. The van der Waals surface area contributed by atoms with E-state index in [1.165, 1.54) is 6.20 Å². The topological polar surface area (TPSA) is 93.0 Å². The van der Waals surface area contributed by atoms with E-state index >= 15 is 0 Å². The molecule has 6 nitrogen and oxygen atoms in total. The van der Waals surface area contributed by atoms with Crippen LogP contribution in [0.1, 0.15) is 0 Å². The summed E-state index contributed by atoms with van der Waals surface area (Å²) in [6, 6.07) is 10.6. The molecule has 25 heavy (non-hydrogen) atoms. The maximum absolute atomic E-state index is 13.2. The van der Waals surface area contributed by atoms with Crippen LogP contribution in [0.2, 0.25) is 0 Å². The molecule has 0 saturated heterocycles. The van der Waals surface area contributed by atoms with Crippen LogP contribution in [0.4, 0.5) is 8.78 Å². The molecule has 0 spiro atoms. The fourth-order valence-electron chi connectivity index (χ4n) is 1.58. The van der Waals surface area contributed by atoms with Crippen LogP contribution < -0.4 is 0 Å². The van der Waals surface area contributed by atoms with Gasteiger partial charge < -0.3 is 4.98 Å². The molecule has 133 valence electrons. The molecule has 3 rings (SSSR count). The maximum Gasteiger partial charge on any atom is 0.312 e. The SMILES string of the molecule is Fc1c[c-]c(-c2ccccn2)c(F)c1.O=S(=O)(O)c1ccncn1.[Ir]. The summed E-state index contributed by atoms with van der Waals surface area (Å²) in [5, 5.41) is -0.387. The zero-order chi connectivity index (χ0) is 17.6. The van der Waals surface area contributed by atoms with Gasteiger partial charge in [0.1, 0.15) is 6.33 Å². The van der Waals surface area contributed by atoms with E-state index in [0.717, 1.165) is 24.5 Å². The molecule has 0 amide bonds. The van der Waals surface area contributed by atoms with Crippen molar-refractivity contribution in [1.29, 1.82) is 0 Å². The summed E-state index contributed by atoms with van der Waals surface area (Å²) >= 11 is 0. The van der Waals surface area contributed by atoms with E-state index in [9.17, 15) is 17.2 Å². The monoisotopic (exact) mass is 543 g/mol. The van der Waals surface area contributed by atoms with E-state index in [2.05, 4.69) is 21.0 Å². The molecular weight excluding hydrogens is 532 g/mol. The molecule has 2 aromatic heterocycles. The zero-order valence-corrected chi connectivity index (χ0v) is 15.5. The quantitative estimate of drug-likeness (QED) is 0.304. The Hall–Kier alpha value is -2.13. The third-order valence-electron chi connectivity index (χ3n) is 2.60. The number of hydrogen-bond donors (Lipinski definition) is 1. The first kappa shape index (κ1) is 20.9. The molecule has 10 heteroatoms. The summed E-state index contributed by atoms with van der Waals surface area (Å²) in [5.41, 5.74) is 0.636. The van der Waals surface area contributed by atoms with Crippen molar-refractivity contribution >= 4 is 10.1 Å². The molecule has 1 aromatic carbocycles. The minimum Gasteiger partial charge on any atom is -0.305 e. The van der Waals surface area contributed by atoms with Gasteiger partial charge in [-0.25, -0.2) is 9.97 Å². The molecular formula is C15H10F2IrN3O3S-. The minimum absolute atomic E-state index is 0. The van der Waals surface area contributed by atoms with Gasteiger partial charge in [-0.3, -0.25) is 13.3 Å². The van der Waals surface area contributed by atoms with Crippen molar-refractivity contribution in [2.45, 2.75) is 5.03 Å². The van der Waals surface area contributed by atoms with Crippen molar-refractivity contribution in [2.75, 3.05) is 0 Å². The summed E-state index contributed by atoms with van der Waals surface area (Å²) in [6.45, 7) is 0. The Morgan fingerprint density at radius 2 is 1.84 bits per heavy atom. The first-order valence-corrected chi connectivity index (χ1v) is 7.83. The smallest absolute Gasteiger partial charge is 0.305 e. The van der Waals surface area contributed by atoms with Crippen LogP contribution in [-0.4, -0.2) is 27.9 Å². The first-order valence-electron chi connectivity index (χ1n) is 6.39. The van der Waals surface area contributed by atoms with Gasteiger partial charge in [-0.15, -0.1) is 12.1 Å². The predicted octanol–water partition coefficient (Wildman–Crippen LogP) is 2.55. The third kappa shape index (κ3) is 6.35. The van der Waals surface area contributed by atoms with E-state index < -0.39 is 21.8 Å². The number of rotatable bonds is 2. The second-order valence-corrected chi connectivity index (χ2v) is 5.65. The molecule has 3 aromatic rings. The standard InChI is InChI=1S/C11H6F2N.C4H4N2O3S.Ir/c12-8-4-5-9(10(13)7-8)11-3-1-2-6-14-11;7-10(8,9)4-1-2-5-3-6-4;/h1-4,6-7H;1-3H,(H,7,8,9);/q-1;;. The molecule has 0 fully saturated rings. The molecule has 0 aliphatic carbocycles. The van der Waals surface area contributed by atoms with Crippen molar-refractivity contribution in [3.05, 3.63) is 72.8 Å². The van der Waals surface area contributed by atoms with Gasteiger partial charge in [0.05, 0.1) is 0 Å². The van der Waals surface area contributed by atoms with Crippen molar-refractivity contribution in [3.8, 4) is 11.3 Å². The van der Waals surface area contributed by atoms with Crippen LogP contribution in [0.25, 0.3) is 11.3 Å². The van der Waals surface area contributed by atoms with Crippen molar-refractivity contribution in [2.24, 2.45) is 0 Å². The van der Waals surface area contributed by atoms with Crippen LogP contribution in [0.5, 0.6) is 0 Å². The molecule has 1 radical (unpaired) electrons. The van der Waals surface area contributed by atoms with Crippen molar-refractivity contribution in [3.63, 3.8) is 0 Å². The number of aromatic nitrogens is 3. The molecule has 1 N–H and O–H groups in total. The number of halogens is 2. The van der Waals surface area contributed by atoms with Gasteiger partial charge in [-0.05, 0) is 17.8 Å². The summed E-state index contributed by atoms with van der Waals surface area (Å²) in [5.74, 6) is -1.29. The van der Waals surface area contributed by atoms with E-state index in [1.54, 1.807) is 24.4 Å². The molecule has 0 saturated carbocycles. The van der Waals surface area contributed by atoms with Crippen LogP contribution in [0.3, 0.4) is 0 Å². The van der Waals surface area contributed by atoms with E-state index in [-0.39, 0.29) is 30.7 Å². The minimum atomic E-state index is -4.15.